The van der Waals surface area contributed by atoms with Crippen LogP contribution in [-0.2, 0) is 16.2 Å². The van der Waals surface area contributed by atoms with Gasteiger partial charge in [0, 0.05) is 33.3 Å². The Labute approximate surface area is 353 Å². The lowest BCUT2D eigenvalue weighted by Crippen LogP contribution is -2.31. The molecule has 0 N–H and O–H groups in total. The normalized spacial score (nSPS) is 16.5. The molecule has 0 atom stereocenters. The number of hydrogen-bond acceptors (Lipinski definition) is 3. The minimum absolute atomic E-state index is 0.175. The van der Waals surface area contributed by atoms with Crippen LogP contribution in [0.4, 0.5) is 51.2 Å². The van der Waals surface area contributed by atoms with Gasteiger partial charge in [-0.25, -0.2) is 0 Å². The Hall–Kier alpha value is -6.84. The van der Waals surface area contributed by atoms with Crippen LogP contribution in [0.2, 0.25) is 0 Å². The van der Waals surface area contributed by atoms with E-state index in [-0.39, 0.29) is 16.2 Å². The van der Waals surface area contributed by atoms with Crippen LogP contribution in [0.5, 0.6) is 0 Å². The average Bonchev–Trinajstić information content (AvgIpc) is 3.63. The van der Waals surface area contributed by atoms with Gasteiger partial charge in [-0.05, 0) is 147 Å². The third-order valence-corrected chi connectivity index (χ3v) is 14.3. The fraction of sp³-hybridized carbons (Fsp3) is 0.158. The first-order chi connectivity index (χ1) is 29.0. The van der Waals surface area contributed by atoms with Gasteiger partial charge in [-0.1, -0.05) is 126 Å². The molecule has 290 valence electrons. The maximum atomic E-state index is 2.56. The number of benzene rings is 8. The molecule has 60 heavy (non-hydrogen) atoms. The lowest BCUT2D eigenvalue weighted by Gasteiger charge is -2.42. The van der Waals surface area contributed by atoms with E-state index in [0.717, 1.165) is 5.69 Å². The van der Waals surface area contributed by atoms with Gasteiger partial charge in [-0.2, -0.15) is 0 Å². The highest BCUT2D eigenvalue weighted by atomic mass is 15.3. The molecule has 4 aliphatic rings. The maximum Gasteiger partial charge on any atom is 0.0703 e. The van der Waals surface area contributed by atoms with Crippen LogP contribution in [0, 0.1) is 0 Å². The Morgan fingerprint density at radius 3 is 1.15 bits per heavy atom. The van der Waals surface area contributed by atoms with E-state index < -0.39 is 0 Å². The van der Waals surface area contributed by atoms with Crippen LogP contribution >= 0.6 is 0 Å². The van der Waals surface area contributed by atoms with Crippen LogP contribution < -0.4 is 14.7 Å². The second kappa shape index (κ2) is 12.1. The molecule has 0 unspecified atom stereocenters. The van der Waals surface area contributed by atoms with Gasteiger partial charge in [0.05, 0.1) is 34.1 Å². The molecule has 2 aliphatic heterocycles. The smallest absolute Gasteiger partial charge is 0.0703 e. The van der Waals surface area contributed by atoms with E-state index in [4.69, 9.17) is 0 Å². The highest BCUT2D eigenvalue weighted by Gasteiger charge is 2.45. The predicted octanol–water partition coefficient (Wildman–Crippen LogP) is 15.7. The Balaban J connectivity index is 0.998. The van der Waals surface area contributed by atoms with Crippen molar-refractivity contribution < 1.29 is 0 Å². The van der Waals surface area contributed by atoms with E-state index >= 15 is 0 Å². The lowest BCUT2D eigenvalue weighted by molar-refractivity contribution is 0.627. The Bertz CT molecular complexity index is 3030. The van der Waals surface area contributed by atoms with E-state index in [2.05, 4.69) is 232 Å². The molecule has 0 radical (unpaired) electrons. The zero-order valence-electron chi connectivity index (χ0n) is 35.1. The summed E-state index contributed by atoms with van der Waals surface area (Å²) in [4.78, 5) is 7.35. The van der Waals surface area contributed by atoms with Crippen molar-refractivity contribution in [3.8, 4) is 22.3 Å². The number of nitrogens with zero attached hydrogens (tertiary/aromatic N) is 3. The SMILES string of the molecule is CC1(C)c2cc(N3c4ccccc4N(c4ccccc4)c4ccccc43)ccc2-c2cc3c(cc21)-c1cc2c(cc1C3(C)C)N(c1ccccc1)c1ccccc1C2(C)C. The second-order valence-electron chi connectivity index (χ2n) is 18.6. The van der Waals surface area contributed by atoms with Crippen molar-refractivity contribution in [3.63, 3.8) is 0 Å². The van der Waals surface area contributed by atoms with Gasteiger partial charge in [0.25, 0.3) is 0 Å². The molecule has 0 aromatic heterocycles. The van der Waals surface area contributed by atoms with Crippen LogP contribution in [0.1, 0.15) is 74.9 Å². The zero-order chi connectivity index (χ0) is 40.7. The lowest BCUT2D eigenvalue weighted by atomic mass is 9.72. The quantitative estimate of drug-likeness (QED) is 0.177. The average molecular weight is 774 g/mol. The van der Waals surface area contributed by atoms with Gasteiger partial charge in [-0.3, -0.25) is 0 Å². The molecule has 2 heterocycles. The second-order valence-corrected chi connectivity index (χ2v) is 18.6. The van der Waals surface area contributed by atoms with Crippen molar-refractivity contribution in [1.82, 2.24) is 0 Å². The first-order valence-electron chi connectivity index (χ1n) is 21.4. The first-order valence-corrected chi connectivity index (χ1v) is 21.4. The van der Waals surface area contributed by atoms with Crippen molar-refractivity contribution >= 4 is 51.2 Å². The molecule has 12 rings (SSSR count). The highest BCUT2D eigenvalue weighted by molar-refractivity contribution is 6.02. The minimum atomic E-state index is -0.204. The number of rotatable bonds is 3. The van der Waals surface area contributed by atoms with E-state index in [1.54, 1.807) is 0 Å². The van der Waals surface area contributed by atoms with Crippen LogP contribution in [0.15, 0.2) is 176 Å². The van der Waals surface area contributed by atoms with Gasteiger partial charge in [0.1, 0.15) is 0 Å². The molecule has 2 aliphatic carbocycles. The summed E-state index contributed by atoms with van der Waals surface area (Å²) >= 11 is 0. The number of anilines is 9. The summed E-state index contributed by atoms with van der Waals surface area (Å²) in [6.45, 7) is 14.5. The molecular weight excluding hydrogens is 727 g/mol. The van der Waals surface area contributed by atoms with E-state index in [1.165, 1.54) is 101 Å². The van der Waals surface area contributed by atoms with Gasteiger partial charge >= 0.3 is 0 Å². The number of para-hydroxylation sites is 7. The van der Waals surface area contributed by atoms with Gasteiger partial charge in [0.15, 0.2) is 0 Å². The summed E-state index contributed by atoms with van der Waals surface area (Å²) < 4.78 is 0. The Morgan fingerprint density at radius 1 is 0.250 bits per heavy atom. The highest BCUT2D eigenvalue weighted by Crippen LogP contribution is 2.61. The Morgan fingerprint density at radius 2 is 0.617 bits per heavy atom. The standard InChI is InChI=1S/C57H47N3/c1-55(2)43-23-13-14-24-49(43)58(36-19-9-7-10-20-36)54-35-47-42(34-48(54)55)41-33-45-40(32-46(41)57(47,5)6)39-30-29-38(31-44(39)56(45,3)4)60-52-27-17-15-25-50(52)59(37-21-11-8-12-22-37)51-26-16-18-28-53(51)60/h7-35H,1-6H3. The monoisotopic (exact) mass is 773 g/mol. The number of fused-ring (bicyclic) bond motifs is 10. The predicted molar refractivity (Wildman–Crippen MR) is 251 cm³/mol. The van der Waals surface area contributed by atoms with E-state index in [9.17, 15) is 0 Å². The fourth-order valence-electron chi connectivity index (χ4n) is 11.2. The zero-order valence-corrected chi connectivity index (χ0v) is 35.1. The molecule has 0 fully saturated rings. The minimum Gasteiger partial charge on any atom is -0.310 e. The maximum absolute atomic E-state index is 2.56. The van der Waals surface area contributed by atoms with Crippen molar-refractivity contribution in [2.45, 2.75) is 57.8 Å². The molecule has 8 aromatic rings. The largest absolute Gasteiger partial charge is 0.310 e. The first kappa shape index (κ1) is 35.1. The summed E-state index contributed by atoms with van der Waals surface area (Å²) in [7, 11) is 0. The summed E-state index contributed by atoms with van der Waals surface area (Å²) in [5.41, 5.74) is 23.9. The van der Waals surface area contributed by atoms with Gasteiger partial charge < -0.3 is 14.7 Å². The molecule has 0 saturated heterocycles. The topological polar surface area (TPSA) is 9.72 Å². The van der Waals surface area contributed by atoms with Gasteiger partial charge in [-0.15, -0.1) is 0 Å². The molecule has 0 bridgehead atoms. The summed E-state index contributed by atoms with van der Waals surface area (Å²) in [6, 6.07) is 65.6. The van der Waals surface area contributed by atoms with Crippen molar-refractivity contribution in [2.24, 2.45) is 0 Å². The molecule has 0 spiro atoms. The molecule has 3 heteroatoms. The number of hydrogen-bond donors (Lipinski definition) is 0. The molecular formula is C57H47N3. The molecule has 8 aromatic carbocycles. The summed E-state index contributed by atoms with van der Waals surface area (Å²) in [6.07, 6.45) is 0. The van der Waals surface area contributed by atoms with Crippen LogP contribution in [-0.4, -0.2) is 0 Å². The fourth-order valence-corrected chi connectivity index (χ4v) is 11.2. The third kappa shape index (κ3) is 4.61. The molecule has 3 nitrogen and oxygen atoms in total. The van der Waals surface area contributed by atoms with Crippen molar-refractivity contribution in [1.29, 1.82) is 0 Å². The van der Waals surface area contributed by atoms with Crippen molar-refractivity contribution in [3.05, 3.63) is 209 Å². The third-order valence-electron chi connectivity index (χ3n) is 14.3. The summed E-state index contributed by atoms with van der Waals surface area (Å²) in [5.74, 6) is 0. The van der Waals surface area contributed by atoms with Crippen molar-refractivity contribution in [2.75, 3.05) is 14.7 Å². The van der Waals surface area contributed by atoms with Crippen LogP contribution in [0.3, 0.4) is 0 Å². The van der Waals surface area contributed by atoms with Crippen LogP contribution in [0.25, 0.3) is 22.3 Å². The van der Waals surface area contributed by atoms with E-state index in [1.807, 2.05) is 0 Å². The summed E-state index contributed by atoms with van der Waals surface area (Å²) in [5, 5.41) is 0. The molecule has 0 amide bonds. The van der Waals surface area contributed by atoms with Gasteiger partial charge in [0.2, 0.25) is 0 Å². The molecule has 0 saturated carbocycles. The van der Waals surface area contributed by atoms with E-state index in [0.29, 0.717) is 0 Å². The Kier molecular flexibility index (Phi) is 7.09.